The van der Waals surface area contributed by atoms with Gasteiger partial charge in [0.05, 0.1) is 10.5 Å². The Morgan fingerprint density at radius 3 is 2.29 bits per heavy atom. The first kappa shape index (κ1) is 18.9. The van der Waals surface area contributed by atoms with E-state index in [4.69, 9.17) is 0 Å². The van der Waals surface area contributed by atoms with Gasteiger partial charge in [0, 0.05) is 24.7 Å². The maximum Gasteiger partial charge on any atom is 0.156 e. The second-order valence-corrected chi connectivity index (χ2v) is 10.3. The summed E-state index contributed by atoms with van der Waals surface area (Å²) in [7, 11) is -3.05. The molecule has 1 aliphatic rings. The van der Waals surface area contributed by atoms with Crippen molar-refractivity contribution in [3.05, 3.63) is 0 Å². The Kier molecular flexibility index (Phi) is 6.28. The summed E-state index contributed by atoms with van der Waals surface area (Å²) in [5.41, 5.74) is 0.135. The van der Waals surface area contributed by atoms with Gasteiger partial charge in [-0.3, -0.25) is 4.90 Å². The minimum Gasteiger partial charge on any atom is -0.310 e. The maximum absolute atomic E-state index is 12.3. The standard InChI is InChI=1S/C16H34N2O2S/c1-7-16(8-2)13-18(14(3)9-10-17-16)11-12-21(19,20)15(4,5)6/h14,17H,7-13H2,1-6H3. The molecule has 1 rings (SSSR count). The highest BCUT2D eigenvalue weighted by Gasteiger charge is 2.35. The molecule has 0 amide bonds. The summed E-state index contributed by atoms with van der Waals surface area (Å²) in [6, 6.07) is 0.438. The number of hydrogen-bond donors (Lipinski definition) is 1. The zero-order valence-corrected chi connectivity index (χ0v) is 15.5. The molecule has 0 aromatic rings. The Hall–Kier alpha value is -0.130. The molecule has 1 unspecified atom stereocenters. The summed E-state index contributed by atoms with van der Waals surface area (Å²) in [5.74, 6) is 0.254. The third-order valence-corrected chi connectivity index (χ3v) is 7.71. The Labute approximate surface area is 131 Å². The van der Waals surface area contributed by atoms with Crippen LogP contribution in [-0.4, -0.2) is 55.0 Å². The van der Waals surface area contributed by atoms with Crippen LogP contribution in [0.15, 0.2) is 0 Å². The molecule has 126 valence electrons. The summed E-state index contributed by atoms with van der Waals surface area (Å²) < 4.78 is 24.0. The van der Waals surface area contributed by atoms with Crippen molar-refractivity contribution in [3.8, 4) is 0 Å². The topological polar surface area (TPSA) is 49.4 Å². The molecule has 1 saturated heterocycles. The van der Waals surface area contributed by atoms with Gasteiger partial charge >= 0.3 is 0 Å². The predicted octanol–water partition coefficient (Wildman–Crippen LogP) is 2.44. The third-order valence-electron chi connectivity index (χ3n) is 5.13. The van der Waals surface area contributed by atoms with Crippen molar-refractivity contribution in [1.82, 2.24) is 10.2 Å². The average molecular weight is 319 g/mol. The van der Waals surface area contributed by atoms with Gasteiger partial charge in [0.25, 0.3) is 0 Å². The van der Waals surface area contributed by atoms with Crippen molar-refractivity contribution in [2.75, 3.05) is 25.4 Å². The fourth-order valence-corrected chi connectivity index (χ4v) is 3.98. The zero-order chi connectivity index (χ0) is 16.3. The molecule has 1 atom stereocenters. The fourth-order valence-electron chi connectivity index (χ4n) is 2.90. The van der Waals surface area contributed by atoms with Crippen molar-refractivity contribution in [3.63, 3.8) is 0 Å². The molecule has 0 aromatic heterocycles. The lowest BCUT2D eigenvalue weighted by atomic mass is 9.92. The molecular formula is C16H34N2O2S. The van der Waals surface area contributed by atoms with Gasteiger partial charge < -0.3 is 5.32 Å². The van der Waals surface area contributed by atoms with Crippen molar-refractivity contribution in [1.29, 1.82) is 0 Å². The van der Waals surface area contributed by atoms with E-state index in [1.54, 1.807) is 20.8 Å². The van der Waals surface area contributed by atoms with Gasteiger partial charge in [0.1, 0.15) is 0 Å². The molecule has 5 heteroatoms. The first-order valence-electron chi connectivity index (χ1n) is 8.28. The van der Waals surface area contributed by atoms with Crippen molar-refractivity contribution < 1.29 is 8.42 Å². The normalized spacial score (nSPS) is 24.8. The summed E-state index contributed by atoms with van der Waals surface area (Å²) >= 11 is 0. The van der Waals surface area contributed by atoms with E-state index in [-0.39, 0.29) is 11.3 Å². The molecule has 0 aliphatic carbocycles. The van der Waals surface area contributed by atoms with E-state index >= 15 is 0 Å². The Balaban J connectivity index is 2.80. The minimum atomic E-state index is -3.05. The number of hydrogen-bond acceptors (Lipinski definition) is 4. The number of nitrogens with one attached hydrogen (secondary N) is 1. The number of sulfone groups is 1. The van der Waals surface area contributed by atoms with Crippen LogP contribution < -0.4 is 5.32 Å². The Morgan fingerprint density at radius 1 is 1.24 bits per heavy atom. The second-order valence-electron chi connectivity index (χ2n) is 7.45. The highest BCUT2D eigenvalue weighted by Crippen LogP contribution is 2.23. The second kappa shape index (κ2) is 6.97. The van der Waals surface area contributed by atoms with E-state index < -0.39 is 14.6 Å². The zero-order valence-electron chi connectivity index (χ0n) is 14.7. The van der Waals surface area contributed by atoms with Crippen LogP contribution in [0.4, 0.5) is 0 Å². The van der Waals surface area contributed by atoms with Gasteiger partial charge in [-0.1, -0.05) is 13.8 Å². The largest absolute Gasteiger partial charge is 0.310 e. The summed E-state index contributed by atoms with van der Waals surface area (Å²) in [4.78, 5) is 2.37. The summed E-state index contributed by atoms with van der Waals surface area (Å²) in [6.45, 7) is 14.6. The van der Waals surface area contributed by atoms with Crippen LogP contribution in [0.2, 0.25) is 0 Å². The highest BCUT2D eigenvalue weighted by atomic mass is 32.2. The Bertz CT molecular complexity index is 422. The predicted molar refractivity (Wildman–Crippen MR) is 90.5 cm³/mol. The van der Waals surface area contributed by atoms with Gasteiger partial charge in [-0.15, -0.1) is 0 Å². The van der Waals surface area contributed by atoms with E-state index in [0.717, 1.165) is 32.4 Å². The quantitative estimate of drug-likeness (QED) is 0.846. The van der Waals surface area contributed by atoms with Crippen LogP contribution in [0.25, 0.3) is 0 Å². The van der Waals surface area contributed by atoms with E-state index in [1.807, 2.05) is 0 Å². The molecule has 21 heavy (non-hydrogen) atoms. The maximum atomic E-state index is 12.3. The molecule has 4 nitrogen and oxygen atoms in total. The van der Waals surface area contributed by atoms with Gasteiger partial charge in [0.2, 0.25) is 0 Å². The fraction of sp³-hybridized carbons (Fsp3) is 1.00. The highest BCUT2D eigenvalue weighted by molar-refractivity contribution is 7.92. The van der Waals surface area contributed by atoms with Gasteiger partial charge in [-0.2, -0.15) is 0 Å². The van der Waals surface area contributed by atoms with Crippen LogP contribution in [0.5, 0.6) is 0 Å². The van der Waals surface area contributed by atoms with E-state index in [9.17, 15) is 8.42 Å². The van der Waals surface area contributed by atoms with Gasteiger partial charge in [0.15, 0.2) is 9.84 Å². The van der Waals surface area contributed by atoms with Crippen LogP contribution >= 0.6 is 0 Å². The smallest absolute Gasteiger partial charge is 0.156 e. The molecule has 1 N–H and O–H groups in total. The summed E-state index contributed by atoms with van der Waals surface area (Å²) in [5, 5.41) is 3.69. The monoisotopic (exact) mass is 318 g/mol. The molecule has 0 spiro atoms. The lowest BCUT2D eigenvalue weighted by Crippen LogP contribution is -2.52. The molecule has 1 fully saturated rings. The van der Waals surface area contributed by atoms with Crippen LogP contribution in [-0.2, 0) is 9.84 Å². The van der Waals surface area contributed by atoms with E-state index in [0.29, 0.717) is 12.6 Å². The third kappa shape index (κ3) is 4.67. The SMILES string of the molecule is CCC1(CC)CN(CCS(=O)(=O)C(C)(C)C)C(C)CCN1. The van der Waals surface area contributed by atoms with Crippen LogP contribution in [0, 0.1) is 0 Å². The number of rotatable bonds is 5. The lowest BCUT2D eigenvalue weighted by molar-refractivity contribution is 0.168. The average Bonchev–Trinajstić information content (AvgIpc) is 2.55. The minimum absolute atomic E-state index is 0.135. The molecule has 1 heterocycles. The Morgan fingerprint density at radius 2 is 1.81 bits per heavy atom. The molecule has 1 aliphatic heterocycles. The van der Waals surface area contributed by atoms with E-state index in [1.165, 1.54) is 0 Å². The van der Waals surface area contributed by atoms with Gasteiger partial charge in [-0.05, 0) is 53.5 Å². The lowest BCUT2D eigenvalue weighted by Gasteiger charge is -2.37. The van der Waals surface area contributed by atoms with Crippen LogP contribution in [0.1, 0.15) is 60.8 Å². The molecule has 0 saturated carbocycles. The first-order valence-corrected chi connectivity index (χ1v) is 9.93. The van der Waals surface area contributed by atoms with Crippen molar-refractivity contribution in [2.45, 2.75) is 77.1 Å². The first-order chi connectivity index (χ1) is 9.57. The molecule has 0 bridgehead atoms. The molecule has 0 radical (unpaired) electrons. The van der Waals surface area contributed by atoms with Crippen molar-refractivity contribution in [2.24, 2.45) is 0 Å². The molecule has 0 aromatic carbocycles. The van der Waals surface area contributed by atoms with E-state index in [2.05, 4.69) is 31.0 Å². The summed E-state index contributed by atoms with van der Waals surface area (Å²) in [6.07, 6.45) is 3.24. The van der Waals surface area contributed by atoms with Crippen LogP contribution in [0.3, 0.4) is 0 Å². The molecular weight excluding hydrogens is 284 g/mol. The van der Waals surface area contributed by atoms with Gasteiger partial charge in [-0.25, -0.2) is 8.42 Å². The number of nitrogens with zero attached hydrogens (tertiary/aromatic N) is 1. The van der Waals surface area contributed by atoms with Crippen molar-refractivity contribution >= 4 is 9.84 Å².